The Morgan fingerprint density at radius 2 is 1.85 bits per heavy atom. The number of urea groups is 1. The second-order valence-electron chi connectivity index (χ2n) is 6.22. The largest absolute Gasteiger partial charge is 0.481 e. The van der Waals surface area contributed by atoms with E-state index in [1.54, 1.807) is 4.90 Å². The molecule has 2 atom stereocenters. The monoisotopic (exact) mass is 282 g/mol. The summed E-state index contributed by atoms with van der Waals surface area (Å²) in [6.45, 7) is 2.76. The van der Waals surface area contributed by atoms with Gasteiger partial charge in [-0.3, -0.25) is 4.79 Å². The Bertz CT molecular complexity index is 353. The van der Waals surface area contributed by atoms with Crippen LogP contribution in [0.5, 0.6) is 0 Å². The lowest BCUT2D eigenvalue weighted by Crippen LogP contribution is -2.52. The van der Waals surface area contributed by atoms with E-state index in [1.807, 2.05) is 0 Å². The van der Waals surface area contributed by atoms with Gasteiger partial charge in [-0.1, -0.05) is 12.8 Å². The molecule has 0 bridgehead atoms. The Balaban J connectivity index is 1.89. The van der Waals surface area contributed by atoms with Crippen LogP contribution < -0.4 is 5.32 Å². The van der Waals surface area contributed by atoms with Crippen LogP contribution in [0, 0.1) is 5.92 Å². The first-order chi connectivity index (χ1) is 9.58. The molecule has 2 unspecified atom stereocenters. The predicted molar refractivity (Wildman–Crippen MR) is 76.5 cm³/mol. The molecule has 1 saturated carbocycles. The van der Waals surface area contributed by atoms with E-state index in [2.05, 4.69) is 12.2 Å². The molecule has 5 heteroatoms. The number of rotatable bonds is 4. The van der Waals surface area contributed by atoms with Crippen molar-refractivity contribution in [3.05, 3.63) is 0 Å². The van der Waals surface area contributed by atoms with Crippen molar-refractivity contribution in [2.75, 3.05) is 6.54 Å². The summed E-state index contributed by atoms with van der Waals surface area (Å²) in [6.07, 6.45) is 7.76. The number of carboxylic acid groups (broad SMARTS) is 1. The first kappa shape index (κ1) is 15.1. The van der Waals surface area contributed by atoms with E-state index >= 15 is 0 Å². The van der Waals surface area contributed by atoms with Crippen LogP contribution in [0.1, 0.15) is 58.3 Å². The number of amides is 2. The number of aliphatic carboxylic acids is 1. The Kier molecular flexibility index (Phi) is 5.26. The molecule has 0 aromatic carbocycles. The van der Waals surface area contributed by atoms with Gasteiger partial charge in [-0.15, -0.1) is 0 Å². The third-order valence-electron chi connectivity index (χ3n) is 4.76. The average molecular weight is 282 g/mol. The standard InChI is InChI=1S/C15H26N2O3/c1-11(12-6-2-3-7-12)16-15(20)17-9-5-4-8-13(17)10-14(18)19/h11-13H,2-10H2,1H3,(H,16,20)(H,18,19). The summed E-state index contributed by atoms with van der Waals surface area (Å²) in [5, 5.41) is 12.1. The molecule has 0 aromatic rings. The third kappa shape index (κ3) is 3.87. The predicted octanol–water partition coefficient (Wildman–Crippen LogP) is 2.60. The van der Waals surface area contributed by atoms with Gasteiger partial charge in [0.2, 0.25) is 0 Å². The number of hydrogen-bond donors (Lipinski definition) is 2. The van der Waals surface area contributed by atoms with Crippen molar-refractivity contribution in [3.63, 3.8) is 0 Å². The second-order valence-corrected chi connectivity index (χ2v) is 6.22. The zero-order chi connectivity index (χ0) is 14.5. The molecule has 2 amide bonds. The van der Waals surface area contributed by atoms with Crippen molar-refractivity contribution in [3.8, 4) is 0 Å². The van der Waals surface area contributed by atoms with Crippen molar-refractivity contribution in [1.82, 2.24) is 10.2 Å². The number of likely N-dealkylation sites (tertiary alicyclic amines) is 1. The van der Waals surface area contributed by atoms with Crippen LogP contribution in [-0.4, -0.2) is 40.6 Å². The molecule has 1 aliphatic heterocycles. The molecule has 2 fully saturated rings. The van der Waals surface area contributed by atoms with Gasteiger partial charge in [0.15, 0.2) is 0 Å². The topological polar surface area (TPSA) is 69.6 Å². The highest BCUT2D eigenvalue weighted by molar-refractivity contribution is 5.76. The maximum absolute atomic E-state index is 12.4. The van der Waals surface area contributed by atoms with Crippen LogP contribution >= 0.6 is 0 Å². The van der Waals surface area contributed by atoms with Crippen molar-refractivity contribution >= 4 is 12.0 Å². The Hall–Kier alpha value is -1.26. The van der Waals surface area contributed by atoms with Crippen LogP contribution in [0.2, 0.25) is 0 Å². The minimum atomic E-state index is -0.821. The molecule has 114 valence electrons. The highest BCUT2D eigenvalue weighted by Crippen LogP contribution is 2.28. The lowest BCUT2D eigenvalue weighted by Gasteiger charge is -2.36. The van der Waals surface area contributed by atoms with Gasteiger partial charge in [0.25, 0.3) is 0 Å². The summed E-state index contributed by atoms with van der Waals surface area (Å²) in [4.78, 5) is 25.0. The Morgan fingerprint density at radius 1 is 1.20 bits per heavy atom. The zero-order valence-corrected chi connectivity index (χ0v) is 12.3. The average Bonchev–Trinajstić information content (AvgIpc) is 2.92. The Morgan fingerprint density at radius 3 is 2.50 bits per heavy atom. The molecule has 1 aliphatic carbocycles. The third-order valence-corrected chi connectivity index (χ3v) is 4.76. The van der Waals surface area contributed by atoms with Crippen molar-refractivity contribution in [1.29, 1.82) is 0 Å². The number of carboxylic acids is 1. The van der Waals surface area contributed by atoms with Crippen molar-refractivity contribution in [2.45, 2.75) is 70.4 Å². The maximum atomic E-state index is 12.4. The van der Waals surface area contributed by atoms with Gasteiger partial charge in [-0.2, -0.15) is 0 Å². The summed E-state index contributed by atoms with van der Waals surface area (Å²) in [5.74, 6) is -0.236. The first-order valence-corrected chi connectivity index (χ1v) is 7.87. The lowest BCUT2D eigenvalue weighted by molar-refractivity contribution is -0.138. The Labute approximate surface area is 120 Å². The smallest absolute Gasteiger partial charge is 0.317 e. The summed E-state index contributed by atoms with van der Waals surface area (Å²) in [7, 11) is 0. The zero-order valence-electron chi connectivity index (χ0n) is 12.3. The molecule has 1 saturated heterocycles. The molecular weight excluding hydrogens is 256 g/mol. The molecule has 0 spiro atoms. The van der Waals surface area contributed by atoms with Gasteiger partial charge >= 0.3 is 12.0 Å². The normalized spacial score (nSPS) is 25.4. The fourth-order valence-electron chi connectivity index (χ4n) is 3.53. The SMILES string of the molecule is CC(NC(=O)N1CCCCC1CC(=O)O)C1CCCC1. The minimum absolute atomic E-state index is 0.0607. The number of nitrogens with zero attached hydrogens (tertiary/aromatic N) is 1. The number of nitrogens with one attached hydrogen (secondary N) is 1. The van der Waals surface area contributed by atoms with E-state index in [0.29, 0.717) is 12.5 Å². The molecule has 1 heterocycles. The van der Waals surface area contributed by atoms with E-state index in [9.17, 15) is 9.59 Å². The molecular formula is C15H26N2O3. The van der Waals surface area contributed by atoms with Gasteiger partial charge in [-0.05, 0) is 44.9 Å². The van der Waals surface area contributed by atoms with Gasteiger partial charge in [-0.25, -0.2) is 4.79 Å². The minimum Gasteiger partial charge on any atom is -0.481 e. The van der Waals surface area contributed by atoms with Gasteiger partial charge in [0, 0.05) is 18.6 Å². The van der Waals surface area contributed by atoms with E-state index in [-0.39, 0.29) is 24.5 Å². The van der Waals surface area contributed by atoms with Crippen LogP contribution in [0.25, 0.3) is 0 Å². The maximum Gasteiger partial charge on any atom is 0.317 e. The van der Waals surface area contributed by atoms with Gasteiger partial charge in [0.05, 0.1) is 6.42 Å². The van der Waals surface area contributed by atoms with E-state index in [4.69, 9.17) is 5.11 Å². The summed E-state index contributed by atoms with van der Waals surface area (Å²) in [6, 6.07) is -0.0233. The number of carbonyl (C=O) groups excluding carboxylic acids is 1. The molecule has 0 aromatic heterocycles. The van der Waals surface area contributed by atoms with Gasteiger partial charge < -0.3 is 15.3 Å². The molecule has 5 nitrogen and oxygen atoms in total. The fourth-order valence-corrected chi connectivity index (χ4v) is 3.53. The van der Waals surface area contributed by atoms with Crippen molar-refractivity contribution in [2.24, 2.45) is 5.92 Å². The molecule has 2 rings (SSSR count). The lowest BCUT2D eigenvalue weighted by atomic mass is 9.98. The van der Waals surface area contributed by atoms with E-state index in [0.717, 1.165) is 19.3 Å². The second kappa shape index (κ2) is 6.95. The molecule has 0 radical (unpaired) electrons. The van der Waals surface area contributed by atoms with Gasteiger partial charge in [0.1, 0.15) is 0 Å². The highest BCUT2D eigenvalue weighted by atomic mass is 16.4. The fraction of sp³-hybridized carbons (Fsp3) is 0.867. The number of carbonyl (C=O) groups is 2. The van der Waals surface area contributed by atoms with E-state index in [1.165, 1.54) is 25.7 Å². The van der Waals surface area contributed by atoms with Crippen LogP contribution in [0.3, 0.4) is 0 Å². The number of hydrogen-bond acceptors (Lipinski definition) is 2. The highest BCUT2D eigenvalue weighted by Gasteiger charge is 2.30. The molecule has 2 N–H and O–H groups in total. The van der Waals surface area contributed by atoms with E-state index < -0.39 is 5.97 Å². The van der Waals surface area contributed by atoms with Crippen LogP contribution in [-0.2, 0) is 4.79 Å². The number of piperidine rings is 1. The van der Waals surface area contributed by atoms with Crippen LogP contribution in [0.15, 0.2) is 0 Å². The summed E-state index contributed by atoms with van der Waals surface area (Å²) < 4.78 is 0. The quantitative estimate of drug-likeness (QED) is 0.832. The van der Waals surface area contributed by atoms with Crippen LogP contribution in [0.4, 0.5) is 4.79 Å². The first-order valence-electron chi connectivity index (χ1n) is 7.87. The van der Waals surface area contributed by atoms with Crippen molar-refractivity contribution < 1.29 is 14.7 Å². The molecule has 20 heavy (non-hydrogen) atoms. The summed E-state index contributed by atoms with van der Waals surface area (Å²) >= 11 is 0. The molecule has 2 aliphatic rings. The summed E-state index contributed by atoms with van der Waals surface area (Å²) in [5.41, 5.74) is 0.